The first-order valence-electron chi connectivity index (χ1n) is 33.5. The van der Waals surface area contributed by atoms with Crippen molar-refractivity contribution >= 4 is 125 Å². The third kappa shape index (κ3) is 23.9. The number of aryl methyl sites for hydroxylation is 3. The molecule has 9 aromatic rings. The van der Waals surface area contributed by atoms with Crippen LogP contribution in [0.25, 0.3) is 65.4 Å². The van der Waals surface area contributed by atoms with Crippen molar-refractivity contribution in [3.8, 4) is 0 Å². The maximum absolute atomic E-state index is 5.96. The number of aromatic nitrogens is 3. The summed E-state index contributed by atoms with van der Waals surface area (Å²) in [4.78, 5) is 0. The standard InChI is InChI=1S/3C13H11N.C12H24B2O4.C7H15BO2.C3H8.C2H5I.6C2H6.CH3Br.CH4/c3*1-14-12-8-4-2-6-10(12)11-7-3-5-9-13(11)14;1-9(2)10(3,4)16-13(15-9)14-17-11(5,6)12(7,8)18-14;1-6(2)7(3,4)10-8(5)9-6;1-3-2;1-2-3;7*1-2;/h3*2-9H,1H3;1-8H3;1-5H3;3H2,1-2H3;2H2,1H3;6*1-2H3;1H3;1H4. The number of fused-ring (bicyclic) bond motifs is 9. The van der Waals surface area contributed by atoms with Crippen molar-refractivity contribution in [2.45, 2.75) is 241 Å². The molecule has 91 heavy (non-hydrogen) atoms. The molecule has 3 aliphatic rings. The van der Waals surface area contributed by atoms with Crippen molar-refractivity contribution in [1.29, 1.82) is 0 Å². The predicted molar refractivity (Wildman–Crippen MR) is 426 cm³/mol. The van der Waals surface area contributed by atoms with Gasteiger partial charge >= 0.3 is 21.1 Å². The van der Waals surface area contributed by atoms with E-state index in [1.807, 2.05) is 151 Å². The first-order chi connectivity index (χ1) is 42.7. The number of para-hydroxylation sites is 6. The number of hydrogen-bond acceptors (Lipinski definition) is 6. The van der Waals surface area contributed by atoms with Crippen LogP contribution < -0.4 is 0 Å². The summed E-state index contributed by atoms with van der Waals surface area (Å²) >= 11 is 5.23. The van der Waals surface area contributed by atoms with E-state index in [1.54, 1.807) is 0 Å². The van der Waals surface area contributed by atoms with Crippen molar-refractivity contribution < 1.29 is 27.9 Å². The number of benzene rings is 6. The molecule has 3 saturated heterocycles. The Balaban J connectivity index is -0.000000995. The average Bonchev–Trinajstić information content (AvgIpc) is 1.65. The van der Waals surface area contributed by atoms with Crippen LogP contribution >= 0.6 is 38.5 Å². The van der Waals surface area contributed by atoms with Gasteiger partial charge in [0.25, 0.3) is 0 Å². The molecule has 0 aliphatic carbocycles. The van der Waals surface area contributed by atoms with Gasteiger partial charge < -0.3 is 41.6 Å². The monoisotopic (exact) mass is 1430 g/mol. The van der Waals surface area contributed by atoms with Gasteiger partial charge in [-0.1, -0.05) is 265 Å². The number of rotatable bonds is 1. The molecule has 0 amide bonds. The fraction of sp³-hybridized carbons (Fsp3) is 0.532. The molecule has 0 atom stereocenters. The van der Waals surface area contributed by atoms with Gasteiger partial charge in [-0.15, -0.1) is 0 Å². The van der Waals surface area contributed by atoms with Gasteiger partial charge in [0.15, 0.2) is 0 Å². The maximum Gasteiger partial charge on any atom is 0.488 e. The molecule has 14 heteroatoms. The molecule has 0 radical (unpaired) electrons. The lowest BCUT2D eigenvalue weighted by Gasteiger charge is -2.32. The SMILES string of the molecule is C.CB1OC(C)(C)C(C)(C)O1.CBr.CC.CC.CC.CC.CC.CC.CC1(C)OB(B2OC(C)(C)C(C)(C)O2)OC1(C)C.CCC.CCI.Cn1c2ccccc2c2ccccc21.Cn1c2ccccc2c2ccccc21.Cn1c2ccccc2c2ccccc21. The fourth-order valence-electron chi connectivity index (χ4n) is 9.49. The van der Waals surface area contributed by atoms with Crippen LogP contribution in [0.5, 0.6) is 0 Å². The molecule has 6 aromatic carbocycles. The summed E-state index contributed by atoms with van der Waals surface area (Å²) in [6, 6.07) is 51.1. The van der Waals surface area contributed by atoms with E-state index in [-0.39, 0.29) is 48.2 Å². The summed E-state index contributed by atoms with van der Waals surface area (Å²) in [7, 11) is 5.33. The highest BCUT2D eigenvalue weighted by atomic mass is 127. The molecular weight excluding hydrogens is 1300 g/mol. The normalized spacial score (nSPS) is 15.6. The molecule has 12 rings (SSSR count). The van der Waals surface area contributed by atoms with E-state index in [0.717, 1.165) is 0 Å². The Bertz CT molecular complexity index is 2840. The Kier molecular flexibility index (Phi) is 44.6. The van der Waals surface area contributed by atoms with E-state index in [2.05, 4.69) is 267 Å². The lowest BCUT2D eigenvalue weighted by atomic mass is 9.49. The van der Waals surface area contributed by atoms with Crippen LogP contribution in [0, 0.1) is 0 Å². The number of halogens is 2. The summed E-state index contributed by atoms with van der Waals surface area (Å²) < 4.78 is 42.9. The van der Waals surface area contributed by atoms with Gasteiger partial charge in [0, 0.05) is 86.6 Å². The van der Waals surface area contributed by atoms with Crippen LogP contribution in [-0.2, 0) is 49.1 Å². The lowest BCUT2D eigenvalue weighted by molar-refractivity contribution is 0.00578. The Hall–Kier alpha value is -4.12. The van der Waals surface area contributed by atoms with Gasteiger partial charge in [-0.3, -0.25) is 0 Å². The lowest BCUT2D eigenvalue weighted by Crippen LogP contribution is -2.41. The molecule has 0 bridgehead atoms. The largest absolute Gasteiger partial charge is 0.488 e. The van der Waals surface area contributed by atoms with E-state index >= 15 is 0 Å². The Labute approximate surface area is 580 Å². The summed E-state index contributed by atoms with van der Waals surface area (Å²) in [5.41, 5.74) is 6.04. The molecule has 3 fully saturated rings. The third-order valence-corrected chi connectivity index (χ3v) is 15.6. The van der Waals surface area contributed by atoms with Gasteiger partial charge in [0.1, 0.15) is 0 Å². The second kappa shape index (κ2) is 44.5. The number of nitrogens with zero attached hydrogens (tertiary/aromatic N) is 3. The molecule has 3 aliphatic heterocycles. The second-order valence-electron chi connectivity index (χ2n) is 22.8. The fourth-order valence-corrected chi connectivity index (χ4v) is 9.49. The molecule has 0 saturated carbocycles. The maximum atomic E-state index is 5.96. The van der Waals surface area contributed by atoms with E-state index in [9.17, 15) is 0 Å². The highest BCUT2D eigenvalue weighted by Gasteiger charge is 2.63. The van der Waals surface area contributed by atoms with E-state index in [1.165, 1.54) is 76.3 Å². The second-order valence-corrected chi connectivity index (χ2v) is 24.4. The van der Waals surface area contributed by atoms with Crippen molar-refractivity contribution in [1.82, 2.24) is 13.7 Å². The summed E-state index contributed by atoms with van der Waals surface area (Å²) in [6.07, 6.45) is 1.25. The molecule has 0 unspecified atom stereocenters. The van der Waals surface area contributed by atoms with Crippen molar-refractivity contribution in [3.05, 3.63) is 146 Å². The molecule has 6 heterocycles. The Morgan fingerprint density at radius 2 is 0.440 bits per heavy atom. The smallest absolute Gasteiger partial charge is 0.405 e. The minimum Gasteiger partial charge on any atom is -0.405 e. The Morgan fingerprint density at radius 1 is 0.319 bits per heavy atom. The molecule has 510 valence electrons. The summed E-state index contributed by atoms with van der Waals surface area (Å²) in [6.45, 7) is 56.7. The van der Waals surface area contributed by atoms with Crippen molar-refractivity contribution in [3.63, 3.8) is 0 Å². The van der Waals surface area contributed by atoms with Gasteiger partial charge in [-0.25, -0.2) is 0 Å². The third-order valence-electron chi connectivity index (χ3n) is 15.6. The predicted octanol–water partition coefficient (Wildman–Crippen LogP) is 24.6. The first kappa shape index (κ1) is 91.1. The zero-order valence-corrected chi connectivity index (χ0v) is 66.3. The molecule has 0 spiro atoms. The van der Waals surface area contributed by atoms with E-state index in [0.29, 0.717) is 0 Å². The topological polar surface area (TPSA) is 70.2 Å². The highest BCUT2D eigenvalue weighted by Crippen LogP contribution is 2.43. The molecule has 0 N–H and O–H groups in total. The zero-order valence-electron chi connectivity index (χ0n) is 62.5. The van der Waals surface area contributed by atoms with E-state index < -0.39 is 14.0 Å². The Morgan fingerprint density at radius 3 is 0.560 bits per heavy atom. The van der Waals surface area contributed by atoms with Gasteiger partial charge in [-0.2, -0.15) is 0 Å². The van der Waals surface area contributed by atoms with Gasteiger partial charge in [-0.05, 0) is 137 Å². The van der Waals surface area contributed by atoms with E-state index in [4.69, 9.17) is 27.9 Å². The van der Waals surface area contributed by atoms with Crippen LogP contribution in [0.3, 0.4) is 0 Å². The van der Waals surface area contributed by atoms with Gasteiger partial charge in [0.2, 0.25) is 0 Å². The minimum atomic E-state index is -0.476. The number of hydrogen-bond donors (Lipinski definition) is 0. The highest BCUT2D eigenvalue weighted by molar-refractivity contribution is 14.1. The molecular formula is C77H128B3BrIN3O6. The van der Waals surface area contributed by atoms with Crippen LogP contribution in [0.4, 0.5) is 0 Å². The summed E-state index contributed by atoms with van der Waals surface area (Å²) in [5.74, 6) is 1.81. The first-order valence-corrected chi connectivity index (χ1v) is 36.6. The minimum absolute atomic E-state index is 0. The summed E-state index contributed by atoms with van der Waals surface area (Å²) in [5, 5.41) is 8.03. The average molecular weight is 1430 g/mol. The number of alkyl halides is 2. The van der Waals surface area contributed by atoms with Crippen molar-refractivity contribution in [2.75, 3.05) is 10.3 Å². The van der Waals surface area contributed by atoms with Crippen molar-refractivity contribution in [2.24, 2.45) is 21.1 Å². The zero-order chi connectivity index (χ0) is 70.0. The van der Waals surface area contributed by atoms with Crippen LogP contribution in [0.15, 0.2) is 146 Å². The molecule has 9 nitrogen and oxygen atoms in total. The quantitative estimate of drug-likeness (QED) is 0.0927. The van der Waals surface area contributed by atoms with Crippen LogP contribution in [0.2, 0.25) is 6.82 Å². The van der Waals surface area contributed by atoms with Crippen LogP contribution in [0.1, 0.15) is 201 Å². The molecule has 3 aromatic heterocycles. The van der Waals surface area contributed by atoms with Crippen LogP contribution in [-0.4, -0.2) is 78.7 Å². The van der Waals surface area contributed by atoms with Gasteiger partial charge in [0.05, 0.1) is 33.6 Å².